The van der Waals surface area contributed by atoms with Gasteiger partial charge in [-0.25, -0.2) is 0 Å². The predicted octanol–water partition coefficient (Wildman–Crippen LogP) is 2.71. The van der Waals surface area contributed by atoms with E-state index in [0.29, 0.717) is 19.7 Å². The van der Waals surface area contributed by atoms with Crippen molar-refractivity contribution in [3.63, 3.8) is 0 Å². The first kappa shape index (κ1) is 21.1. The van der Waals surface area contributed by atoms with Gasteiger partial charge in [0.1, 0.15) is 5.75 Å². The standard InChI is InChI=1S/C21H34N4O2/c1-6-27-18-10-9-17(13-16(18)2)14-23-20(22-3)24-15-21(11-7-8-12-21)19(26)25(4)5/h9-10,13H,6-8,11-12,14-15H2,1-5H3,(H2,22,23,24). The zero-order chi connectivity index (χ0) is 19.9. The van der Waals surface area contributed by atoms with Gasteiger partial charge in [-0.1, -0.05) is 25.0 Å². The van der Waals surface area contributed by atoms with E-state index in [0.717, 1.165) is 43.0 Å². The zero-order valence-electron chi connectivity index (χ0n) is 17.4. The summed E-state index contributed by atoms with van der Waals surface area (Å²) in [6.45, 7) is 6.00. The number of nitrogens with zero attached hydrogens (tertiary/aromatic N) is 2. The summed E-state index contributed by atoms with van der Waals surface area (Å²) in [6, 6.07) is 6.20. The third kappa shape index (κ3) is 5.37. The second-order valence-electron chi connectivity index (χ2n) is 7.50. The van der Waals surface area contributed by atoms with Crippen LogP contribution in [0.5, 0.6) is 5.75 Å². The minimum atomic E-state index is -0.309. The fourth-order valence-electron chi connectivity index (χ4n) is 3.79. The molecule has 150 valence electrons. The molecular formula is C21H34N4O2. The van der Waals surface area contributed by atoms with Crippen LogP contribution in [0.3, 0.4) is 0 Å². The summed E-state index contributed by atoms with van der Waals surface area (Å²) in [4.78, 5) is 18.7. The maximum Gasteiger partial charge on any atom is 0.230 e. The number of guanidine groups is 1. The van der Waals surface area contributed by atoms with Crippen molar-refractivity contribution in [1.29, 1.82) is 0 Å². The molecule has 0 unspecified atom stereocenters. The van der Waals surface area contributed by atoms with E-state index in [1.165, 1.54) is 5.56 Å². The summed E-state index contributed by atoms with van der Waals surface area (Å²) in [5, 5.41) is 6.72. The molecule has 0 atom stereocenters. The molecule has 1 aliphatic rings. The first-order valence-corrected chi connectivity index (χ1v) is 9.80. The number of aryl methyl sites for hydroxylation is 1. The SMILES string of the molecule is CCOc1ccc(CNC(=NC)NCC2(C(=O)N(C)C)CCCC2)cc1C. The van der Waals surface area contributed by atoms with Crippen LogP contribution in [0.15, 0.2) is 23.2 Å². The van der Waals surface area contributed by atoms with Gasteiger partial charge in [-0.05, 0) is 43.9 Å². The van der Waals surface area contributed by atoms with Crippen molar-refractivity contribution >= 4 is 11.9 Å². The van der Waals surface area contributed by atoms with E-state index in [-0.39, 0.29) is 11.3 Å². The van der Waals surface area contributed by atoms with E-state index in [1.807, 2.05) is 27.1 Å². The number of carbonyl (C=O) groups excluding carboxylic acids is 1. The molecule has 1 aliphatic carbocycles. The maximum absolute atomic E-state index is 12.7. The minimum Gasteiger partial charge on any atom is -0.494 e. The number of amides is 1. The Morgan fingerprint density at radius 1 is 1.26 bits per heavy atom. The predicted molar refractivity (Wildman–Crippen MR) is 110 cm³/mol. The highest BCUT2D eigenvalue weighted by atomic mass is 16.5. The number of rotatable bonds is 7. The number of hydrogen-bond acceptors (Lipinski definition) is 3. The lowest BCUT2D eigenvalue weighted by Crippen LogP contribution is -2.49. The molecule has 0 heterocycles. The van der Waals surface area contributed by atoms with E-state index >= 15 is 0 Å². The Bertz CT molecular complexity index is 664. The van der Waals surface area contributed by atoms with Crippen molar-refractivity contribution in [2.45, 2.75) is 46.1 Å². The molecule has 27 heavy (non-hydrogen) atoms. The van der Waals surface area contributed by atoms with Crippen molar-refractivity contribution in [1.82, 2.24) is 15.5 Å². The van der Waals surface area contributed by atoms with E-state index in [2.05, 4.69) is 34.7 Å². The van der Waals surface area contributed by atoms with Crippen molar-refractivity contribution in [2.75, 3.05) is 34.3 Å². The molecule has 1 amide bonds. The topological polar surface area (TPSA) is 66.0 Å². The molecule has 0 aliphatic heterocycles. The highest BCUT2D eigenvalue weighted by Crippen LogP contribution is 2.38. The molecule has 1 saturated carbocycles. The molecule has 0 radical (unpaired) electrons. The van der Waals surface area contributed by atoms with Gasteiger partial charge in [0.05, 0.1) is 12.0 Å². The molecule has 2 rings (SSSR count). The monoisotopic (exact) mass is 374 g/mol. The third-order valence-corrected chi connectivity index (χ3v) is 5.24. The molecule has 0 aromatic heterocycles. The van der Waals surface area contributed by atoms with Gasteiger partial charge < -0.3 is 20.3 Å². The molecule has 2 N–H and O–H groups in total. The Morgan fingerprint density at radius 3 is 2.52 bits per heavy atom. The highest BCUT2D eigenvalue weighted by Gasteiger charge is 2.42. The van der Waals surface area contributed by atoms with Gasteiger partial charge in [-0.3, -0.25) is 9.79 Å². The van der Waals surface area contributed by atoms with Crippen molar-refractivity contribution in [3.05, 3.63) is 29.3 Å². The fourth-order valence-corrected chi connectivity index (χ4v) is 3.79. The summed E-state index contributed by atoms with van der Waals surface area (Å²) in [6.07, 6.45) is 4.09. The Balaban J connectivity index is 1.94. The molecular weight excluding hydrogens is 340 g/mol. The lowest BCUT2D eigenvalue weighted by molar-refractivity contribution is -0.138. The van der Waals surface area contributed by atoms with E-state index in [4.69, 9.17) is 4.74 Å². The van der Waals surface area contributed by atoms with Crippen molar-refractivity contribution in [3.8, 4) is 5.75 Å². The molecule has 1 aromatic carbocycles. The molecule has 0 spiro atoms. The quantitative estimate of drug-likeness (QED) is 0.569. The van der Waals surface area contributed by atoms with Crippen molar-refractivity contribution < 1.29 is 9.53 Å². The second kappa shape index (κ2) is 9.62. The minimum absolute atomic E-state index is 0.213. The zero-order valence-corrected chi connectivity index (χ0v) is 17.4. The van der Waals surface area contributed by atoms with Crippen LogP contribution < -0.4 is 15.4 Å². The van der Waals surface area contributed by atoms with Crippen LogP contribution in [-0.2, 0) is 11.3 Å². The van der Waals surface area contributed by atoms with Crippen LogP contribution >= 0.6 is 0 Å². The van der Waals surface area contributed by atoms with Gasteiger partial charge in [0.15, 0.2) is 5.96 Å². The summed E-state index contributed by atoms with van der Waals surface area (Å²) >= 11 is 0. The number of carbonyl (C=O) groups is 1. The summed E-state index contributed by atoms with van der Waals surface area (Å²) in [5.41, 5.74) is 1.98. The third-order valence-electron chi connectivity index (χ3n) is 5.24. The number of aliphatic imine (C=N–C) groups is 1. The molecule has 0 bridgehead atoms. The molecule has 6 nitrogen and oxygen atoms in total. The molecule has 1 fully saturated rings. The number of benzene rings is 1. The second-order valence-corrected chi connectivity index (χ2v) is 7.50. The van der Waals surface area contributed by atoms with Crippen LogP contribution in [0.2, 0.25) is 0 Å². The smallest absolute Gasteiger partial charge is 0.230 e. The Kier molecular flexibility index (Phi) is 7.51. The van der Waals surface area contributed by atoms with Gasteiger partial charge in [0, 0.05) is 34.2 Å². The maximum atomic E-state index is 12.7. The first-order valence-electron chi connectivity index (χ1n) is 9.80. The van der Waals surface area contributed by atoms with Crippen LogP contribution in [0.1, 0.15) is 43.7 Å². The fraction of sp³-hybridized carbons (Fsp3) is 0.619. The van der Waals surface area contributed by atoms with Gasteiger partial charge in [-0.2, -0.15) is 0 Å². The number of ether oxygens (including phenoxy) is 1. The largest absolute Gasteiger partial charge is 0.494 e. The van der Waals surface area contributed by atoms with E-state index < -0.39 is 0 Å². The van der Waals surface area contributed by atoms with Crippen LogP contribution in [0, 0.1) is 12.3 Å². The average molecular weight is 375 g/mol. The lowest BCUT2D eigenvalue weighted by atomic mass is 9.84. The van der Waals surface area contributed by atoms with Crippen LogP contribution in [0.4, 0.5) is 0 Å². The Morgan fingerprint density at radius 2 is 1.96 bits per heavy atom. The lowest BCUT2D eigenvalue weighted by Gasteiger charge is -2.31. The Hall–Kier alpha value is -2.24. The van der Waals surface area contributed by atoms with Gasteiger partial charge in [0.25, 0.3) is 0 Å². The highest BCUT2D eigenvalue weighted by molar-refractivity contribution is 5.85. The number of hydrogen-bond donors (Lipinski definition) is 2. The number of nitrogens with one attached hydrogen (secondary N) is 2. The first-order chi connectivity index (χ1) is 12.9. The van der Waals surface area contributed by atoms with E-state index in [9.17, 15) is 4.79 Å². The van der Waals surface area contributed by atoms with Gasteiger partial charge in [-0.15, -0.1) is 0 Å². The van der Waals surface area contributed by atoms with Crippen LogP contribution in [-0.4, -0.2) is 51.1 Å². The summed E-state index contributed by atoms with van der Waals surface area (Å²) < 4.78 is 5.59. The van der Waals surface area contributed by atoms with Crippen molar-refractivity contribution in [2.24, 2.45) is 10.4 Å². The molecule has 6 heteroatoms. The van der Waals surface area contributed by atoms with E-state index in [1.54, 1.807) is 11.9 Å². The summed E-state index contributed by atoms with van der Waals surface area (Å²) in [5.74, 6) is 1.86. The Labute approximate surface area is 163 Å². The average Bonchev–Trinajstić information content (AvgIpc) is 3.13. The molecule has 0 saturated heterocycles. The molecule has 1 aromatic rings. The van der Waals surface area contributed by atoms with Gasteiger partial charge in [0.2, 0.25) is 5.91 Å². The van der Waals surface area contributed by atoms with Gasteiger partial charge >= 0.3 is 0 Å². The normalized spacial score (nSPS) is 16.1. The summed E-state index contributed by atoms with van der Waals surface area (Å²) in [7, 11) is 5.43. The van der Waals surface area contributed by atoms with Crippen LogP contribution in [0.25, 0.3) is 0 Å².